The van der Waals surface area contributed by atoms with Gasteiger partial charge in [-0.1, -0.05) is 5.16 Å². The second-order valence-electron chi connectivity index (χ2n) is 5.98. The topological polar surface area (TPSA) is 77.0 Å². The monoisotopic (exact) mass is 337 g/mol. The Kier molecular flexibility index (Phi) is 4.39. The Morgan fingerprint density at radius 1 is 1.39 bits per heavy atom. The Morgan fingerprint density at radius 2 is 2.17 bits per heavy atom. The lowest BCUT2D eigenvalue weighted by molar-refractivity contribution is -0.132. The van der Waals surface area contributed by atoms with Crippen molar-refractivity contribution in [3.05, 3.63) is 28.1 Å². The van der Waals surface area contributed by atoms with Gasteiger partial charge < -0.3 is 9.42 Å². The number of hydrogen-bond acceptors (Lipinski definition) is 5. The minimum Gasteiger partial charge on any atom is -0.344 e. The maximum absolute atomic E-state index is 12.6. The molecule has 1 amide bonds. The molecular weight excluding hydrogens is 318 g/mol. The van der Waals surface area contributed by atoms with Gasteiger partial charge in [-0.15, -0.1) is 0 Å². The van der Waals surface area contributed by atoms with Gasteiger partial charge in [0.25, 0.3) is 0 Å². The van der Waals surface area contributed by atoms with Crippen LogP contribution in [0.5, 0.6) is 0 Å². The molecule has 1 atom stereocenters. The number of carbonyl (C=O) groups is 1. The van der Waals surface area contributed by atoms with E-state index in [-0.39, 0.29) is 23.6 Å². The molecule has 1 fully saturated rings. The molecule has 2 aromatic heterocycles. The van der Waals surface area contributed by atoms with Crippen LogP contribution in [0.4, 0.5) is 0 Å². The van der Waals surface area contributed by atoms with Crippen molar-refractivity contribution in [3.63, 3.8) is 0 Å². The Balaban J connectivity index is 1.71. The summed E-state index contributed by atoms with van der Waals surface area (Å²) in [7, 11) is 0. The maximum atomic E-state index is 12.6. The maximum Gasteiger partial charge on any atom is 0.229 e. The summed E-state index contributed by atoms with van der Waals surface area (Å²) in [6, 6.07) is 0.174. The number of carbonyl (C=O) groups excluding carboxylic acids is 1. The van der Waals surface area contributed by atoms with E-state index in [4.69, 9.17) is 16.1 Å². The molecule has 7 nitrogen and oxygen atoms in total. The van der Waals surface area contributed by atoms with Gasteiger partial charge in [0.1, 0.15) is 11.6 Å². The molecule has 3 heterocycles. The molecule has 2 aromatic rings. The van der Waals surface area contributed by atoms with Gasteiger partial charge in [0.2, 0.25) is 11.1 Å². The van der Waals surface area contributed by atoms with Crippen molar-refractivity contribution >= 4 is 17.5 Å². The zero-order valence-corrected chi connectivity index (χ0v) is 14.3. The fourth-order valence-electron chi connectivity index (χ4n) is 3.08. The summed E-state index contributed by atoms with van der Waals surface area (Å²) in [5.41, 5.74) is 1.34. The number of halogens is 1. The summed E-state index contributed by atoms with van der Waals surface area (Å²) in [5.74, 6) is 1.69. The van der Waals surface area contributed by atoms with Gasteiger partial charge in [-0.2, -0.15) is 5.10 Å². The SMILES string of the molecule is Cc1nc(C)n([C@H]2CCCN(C(=O)Cc3c(C)noc3Cl)C2)n1. The molecule has 0 spiro atoms. The summed E-state index contributed by atoms with van der Waals surface area (Å²) in [6.07, 6.45) is 2.17. The first-order valence-corrected chi connectivity index (χ1v) is 8.11. The van der Waals surface area contributed by atoms with Crippen LogP contribution in [0.25, 0.3) is 0 Å². The number of rotatable bonds is 3. The molecule has 3 rings (SSSR count). The third-order valence-electron chi connectivity index (χ3n) is 4.27. The fourth-order valence-corrected chi connectivity index (χ4v) is 3.32. The highest BCUT2D eigenvalue weighted by Gasteiger charge is 2.27. The molecule has 0 N–H and O–H groups in total. The zero-order valence-electron chi connectivity index (χ0n) is 13.5. The van der Waals surface area contributed by atoms with Crippen molar-refractivity contribution < 1.29 is 9.32 Å². The second kappa shape index (κ2) is 6.31. The minimum absolute atomic E-state index is 0.0393. The average Bonchev–Trinajstić information content (AvgIpc) is 3.03. The quantitative estimate of drug-likeness (QED) is 0.858. The minimum atomic E-state index is 0.0393. The largest absolute Gasteiger partial charge is 0.344 e. The number of nitrogens with zero attached hydrogens (tertiary/aromatic N) is 5. The van der Waals surface area contributed by atoms with E-state index < -0.39 is 0 Å². The summed E-state index contributed by atoms with van der Waals surface area (Å²) in [4.78, 5) is 18.8. The molecule has 0 saturated carbocycles. The molecule has 0 bridgehead atoms. The van der Waals surface area contributed by atoms with Crippen molar-refractivity contribution in [1.29, 1.82) is 0 Å². The molecule has 0 unspecified atom stereocenters. The molecule has 0 aromatic carbocycles. The molecular formula is C15H20ClN5O2. The summed E-state index contributed by atoms with van der Waals surface area (Å²) >= 11 is 5.95. The highest BCUT2D eigenvalue weighted by molar-refractivity contribution is 6.29. The average molecular weight is 338 g/mol. The van der Waals surface area contributed by atoms with Gasteiger partial charge in [0, 0.05) is 18.7 Å². The van der Waals surface area contributed by atoms with Crippen LogP contribution < -0.4 is 0 Å². The number of piperidine rings is 1. The number of aryl methyl sites for hydroxylation is 3. The van der Waals surface area contributed by atoms with Crippen molar-refractivity contribution in [2.75, 3.05) is 13.1 Å². The molecule has 0 aliphatic carbocycles. The number of amides is 1. The van der Waals surface area contributed by atoms with Gasteiger partial charge in [-0.05, 0) is 45.2 Å². The van der Waals surface area contributed by atoms with Gasteiger partial charge in [-0.3, -0.25) is 4.79 Å². The molecule has 8 heteroatoms. The summed E-state index contributed by atoms with van der Waals surface area (Å²) in [6.45, 7) is 7.01. The standard InChI is InChI=1S/C15H20ClN5O2/c1-9-13(15(16)23-19-9)7-14(22)20-6-4-5-12(8-20)21-11(3)17-10(2)18-21/h12H,4-8H2,1-3H3/t12-/m0/s1. The van der Waals surface area contributed by atoms with Gasteiger partial charge in [0.15, 0.2) is 0 Å². The Bertz CT molecular complexity index is 704. The molecule has 0 radical (unpaired) electrons. The van der Waals surface area contributed by atoms with Crippen LogP contribution >= 0.6 is 11.6 Å². The van der Waals surface area contributed by atoms with Gasteiger partial charge >= 0.3 is 0 Å². The first-order valence-electron chi connectivity index (χ1n) is 7.74. The smallest absolute Gasteiger partial charge is 0.229 e. The third kappa shape index (κ3) is 3.24. The Morgan fingerprint density at radius 3 is 2.78 bits per heavy atom. The van der Waals surface area contributed by atoms with Gasteiger partial charge in [-0.25, -0.2) is 9.67 Å². The van der Waals surface area contributed by atoms with E-state index in [9.17, 15) is 4.79 Å². The van der Waals surface area contributed by atoms with Crippen LogP contribution in [-0.2, 0) is 11.2 Å². The van der Waals surface area contributed by atoms with E-state index >= 15 is 0 Å². The van der Waals surface area contributed by atoms with E-state index in [1.807, 2.05) is 23.4 Å². The Hall–Kier alpha value is -1.89. The van der Waals surface area contributed by atoms with Crippen LogP contribution in [0.2, 0.25) is 5.22 Å². The highest BCUT2D eigenvalue weighted by Crippen LogP contribution is 2.24. The van der Waals surface area contributed by atoms with E-state index in [0.717, 1.165) is 31.0 Å². The zero-order chi connectivity index (χ0) is 16.6. The van der Waals surface area contributed by atoms with Gasteiger partial charge in [0.05, 0.1) is 18.2 Å². The second-order valence-corrected chi connectivity index (χ2v) is 6.33. The van der Waals surface area contributed by atoms with Crippen LogP contribution in [-0.4, -0.2) is 43.8 Å². The van der Waals surface area contributed by atoms with Crippen LogP contribution in [0.3, 0.4) is 0 Å². The van der Waals surface area contributed by atoms with E-state index in [0.29, 0.717) is 17.8 Å². The number of hydrogen-bond donors (Lipinski definition) is 0. The van der Waals surface area contributed by atoms with Crippen LogP contribution in [0.1, 0.15) is 41.8 Å². The lowest BCUT2D eigenvalue weighted by Gasteiger charge is -2.33. The first-order chi connectivity index (χ1) is 11.0. The number of aromatic nitrogens is 4. The lowest BCUT2D eigenvalue weighted by Crippen LogP contribution is -2.42. The van der Waals surface area contributed by atoms with E-state index in [2.05, 4.69) is 15.2 Å². The number of likely N-dealkylation sites (tertiary alicyclic amines) is 1. The van der Waals surface area contributed by atoms with E-state index in [1.165, 1.54) is 0 Å². The van der Waals surface area contributed by atoms with Crippen LogP contribution in [0.15, 0.2) is 4.52 Å². The molecule has 23 heavy (non-hydrogen) atoms. The van der Waals surface area contributed by atoms with Crippen molar-refractivity contribution in [2.45, 2.75) is 46.1 Å². The molecule has 1 saturated heterocycles. The normalized spacial score (nSPS) is 18.4. The molecule has 1 aliphatic heterocycles. The summed E-state index contributed by atoms with van der Waals surface area (Å²) in [5, 5.41) is 8.45. The third-order valence-corrected chi connectivity index (χ3v) is 4.56. The van der Waals surface area contributed by atoms with Crippen molar-refractivity contribution in [3.8, 4) is 0 Å². The molecule has 1 aliphatic rings. The van der Waals surface area contributed by atoms with Crippen molar-refractivity contribution in [1.82, 2.24) is 24.8 Å². The lowest BCUT2D eigenvalue weighted by atomic mass is 10.0. The molecule has 124 valence electrons. The summed E-state index contributed by atoms with van der Waals surface area (Å²) < 4.78 is 6.85. The predicted octanol–water partition coefficient (Wildman–Crippen LogP) is 2.25. The highest BCUT2D eigenvalue weighted by atomic mass is 35.5. The first kappa shape index (κ1) is 16.0. The van der Waals surface area contributed by atoms with E-state index in [1.54, 1.807) is 6.92 Å². The van der Waals surface area contributed by atoms with Crippen LogP contribution in [0, 0.1) is 20.8 Å². The predicted molar refractivity (Wildman–Crippen MR) is 84.3 cm³/mol. The van der Waals surface area contributed by atoms with Crippen molar-refractivity contribution in [2.24, 2.45) is 0 Å². The Labute approximate surface area is 139 Å². The fraction of sp³-hybridized carbons (Fsp3) is 0.600.